The Labute approximate surface area is 88.0 Å². The van der Waals surface area contributed by atoms with Crippen LogP contribution in [0.2, 0.25) is 0 Å². The fourth-order valence-corrected chi connectivity index (χ4v) is 1.36. The maximum absolute atomic E-state index is 11.6. The van der Waals surface area contributed by atoms with Crippen molar-refractivity contribution in [2.24, 2.45) is 0 Å². The molecule has 1 aliphatic rings. The normalized spacial score (nSPS) is 19.8. The van der Waals surface area contributed by atoms with Gasteiger partial charge in [-0.05, 0) is 20.8 Å². The summed E-state index contributed by atoms with van der Waals surface area (Å²) in [6.45, 7) is 5.34. The molecule has 0 saturated carbocycles. The first-order valence-electron chi connectivity index (χ1n) is 4.79. The summed E-state index contributed by atoms with van der Waals surface area (Å²) in [4.78, 5) is 35.4. The number of carbonyl (C=O) groups excluding carboxylic acids is 3. The molecule has 6 heteroatoms. The zero-order chi connectivity index (χ0) is 11.6. The van der Waals surface area contributed by atoms with Crippen LogP contribution in [-0.2, 0) is 9.59 Å². The number of hydrogen-bond acceptors (Lipinski definition) is 3. The summed E-state index contributed by atoms with van der Waals surface area (Å²) in [5, 5.41) is 4.76. The third-order valence-electron chi connectivity index (χ3n) is 2.36. The van der Waals surface area contributed by atoms with Gasteiger partial charge in [-0.1, -0.05) is 0 Å². The number of piperazine rings is 1. The second-order valence-corrected chi connectivity index (χ2v) is 3.86. The van der Waals surface area contributed by atoms with Gasteiger partial charge in [0.2, 0.25) is 5.91 Å². The van der Waals surface area contributed by atoms with E-state index in [2.05, 4.69) is 10.6 Å². The number of amides is 4. The Balaban J connectivity index is 2.88. The van der Waals surface area contributed by atoms with Gasteiger partial charge in [0.25, 0.3) is 5.91 Å². The Morgan fingerprint density at radius 1 is 1.53 bits per heavy atom. The Morgan fingerprint density at radius 3 is 2.67 bits per heavy atom. The van der Waals surface area contributed by atoms with Crippen molar-refractivity contribution in [3.8, 4) is 0 Å². The van der Waals surface area contributed by atoms with Gasteiger partial charge in [0, 0.05) is 6.54 Å². The van der Waals surface area contributed by atoms with Gasteiger partial charge in [0.05, 0.1) is 0 Å². The average Bonchev–Trinajstić information content (AvgIpc) is 2.12. The minimum absolute atomic E-state index is 0.0927. The summed E-state index contributed by atoms with van der Waals surface area (Å²) in [6.07, 6.45) is 0. The van der Waals surface area contributed by atoms with E-state index in [1.807, 2.05) is 0 Å². The molecule has 0 aromatic heterocycles. The maximum Gasteiger partial charge on any atom is 0.318 e. The van der Waals surface area contributed by atoms with Gasteiger partial charge in [0.15, 0.2) is 0 Å². The van der Waals surface area contributed by atoms with Gasteiger partial charge >= 0.3 is 6.03 Å². The molecule has 2 N–H and O–H groups in total. The van der Waals surface area contributed by atoms with E-state index in [0.29, 0.717) is 6.54 Å². The zero-order valence-electron chi connectivity index (χ0n) is 9.09. The predicted molar refractivity (Wildman–Crippen MR) is 53.0 cm³/mol. The lowest BCUT2D eigenvalue weighted by atomic mass is 9.99. The molecule has 0 spiro atoms. The highest BCUT2D eigenvalue weighted by Gasteiger charge is 2.43. The van der Waals surface area contributed by atoms with Gasteiger partial charge in [-0.25, -0.2) is 4.79 Å². The summed E-state index contributed by atoms with van der Waals surface area (Å²) < 4.78 is 0. The third kappa shape index (κ3) is 2.08. The molecular formula is C9H15N3O3. The molecule has 1 saturated heterocycles. The quantitative estimate of drug-likeness (QED) is 0.574. The molecule has 0 aromatic carbocycles. The Hall–Kier alpha value is -1.59. The maximum atomic E-state index is 11.6. The van der Waals surface area contributed by atoms with E-state index in [4.69, 9.17) is 0 Å². The second-order valence-electron chi connectivity index (χ2n) is 3.86. The number of hydrogen-bond donors (Lipinski definition) is 2. The fraction of sp³-hybridized carbons (Fsp3) is 0.667. The van der Waals surface area contributed by atoms with E-state index in [9.17, 15) is 14.4 Å². The molecule has 0 aliphatic carbocycles. The van der Waals surface area contributed by atoms with Crippen LogP contribution in [0, 0.1) is 0 Å². The number of rotatable bonds is 1. The van der Waals surface area contributed by atoms with E-state index in [1.54, 1.807) is 20.8 Å². The van der Waals surface area contributed by atoms with Crippen LogP contribution in [0.3, 0.4) is 0 Å². The van der Waals surface area contributed by atoms with Crippen molar-refractivity contribution in [3.05, 3.63) is 0 Å². The van der Waals surface area contributed by atoms with Crippen LogP contribution in [0.5, 0.6) is 0 Å². The molecule has 0 atom stereocenters. The Bertz CT molecular complexity index is 312. The van der Waals surface area contributed by atoms with Crippen LogP contribution in [0.4, 0.5) is 4.79 Å². The summed E-state index contributed by atoms with van der Waals surface area (Å²) in [7, 11) is 0. The van der Waals surface area contributed by atoms with Crippen LogP contribution >= 0.6 is 0 Å². The molecule has 0 bridgehead atoms. The van der Waals surface area contributed by atoms with Crippen molar-refractivity contribution in [1.29, 1.82) is 0 Å². The minimum atomic E-state index is -0.993. The highest BCUT2D eigenvalue weighted by Crippen LogP contribution is 2.17. The predicted octanol–water partition coefficient (Wildman–Crippen LogP) is -0.547. The van der Waals surface area contributed by atoms with Crippen molar-refractivity contribution < 1.29 is 14.4 Å². The van der Waals surface area contributed by atoms with Gasteiger partial charge in [-0.3, -0.25) is 14.9 Å². The first-order valence-corrected chi connectivity index (χ1v) is 4.79. The monoisotopic (exact) mass is 213 g/mol. The topological polar surface area (TPSA) is 78.5 Å². The van der Waals surface area contributed by atoms with Crippen molar-refractivity contribution >= 4 is 17.8 Å². The molecule has 0 aromatic rings. The zero-order valence-corrected chi connectivity index (χ0v) is 9.09. The summed E-state index contributed by atoms with van der Waals surface area (Å²) >= 11 is 0. The van der Waals surface area contributed by atoms with E-state index < -0.39 is 23.4 Å². The molecule has 1 heterocycles. The lowest BCUT2D eigenvalue weighted by Gasteiger charge is -2.39. The van der Waals surface area contributed by atoms with Crippen LogP contribution in [0.1, 0.15) is 20.8 Å². The molecule has 1 fully saturated rings. The number of nitrogens with one attached hydrogen (secondary N) is 2. The van der Waals surface area contributed by atoms with E-state index in [0.717, 1.165) is 0 Å². The summed E-state index contributed by atoms with van der Waals surface area (Å²) in [6, 6.07) is -0.398. The van der Waals surface area contributed by atoms with Crippen molar-refractivity contribution in [3.63, 3.8) is 0 Å². The third-order valence-corrected chi connectivity index (χ3v) is 2.36. The van der Waals surface area contributed by atoms with Gasteiger partial charge in [0.1, 0.15) is 12.1 Å². The van der Waals surface area contributed by atoms with Crippen molar-refractivity contribution in [1.82, 2.24) is 15.5 Å². The van der Waals surface area contributed by atoms with Gasteiger partial charge in [-0.15, -0.1) is 0 Å². The van der Waals surface area contributed by atoms with Crippen LogP contribution < -0.4 is 10.6 Å². The number of carbonyl (C=O) groups is 3. The number of urea groups is 1. The minimum Gasteiger partial charge on any atom is -0.338 e. The van der Waals surface area contributed by atoms with Gasteiger partial charge < -0.3 is 10.2 Å². The first kappa shape index (κ1) is 11.5. The molecule has 1 aliphatic heterocycles. The number of nitrogens with zero attached hydrogens (tertiary/aromatic N) is 1. The molecular weight excluding hydrogens is 198 g/mol. The summed E-state index contributed by atoms with van der Waals surface area (Å²) in [5.41, 5.74) is -0.993. The Morgan fingerprint density at radius 2 is 2.13 bits per heavy atom. The fourth-order valence-electron chi connectivity index (χ4n) is 1.36. The highest BCUT2D eigenvalue weighted by atomic mass is 16.2. The van der Waals surface area contributed by atoms with E-state index in [1.165, 1.54) is 4.90 Å². The molecule has 0 radical (unpaired) electrons. The average molecular weight is 213 g/mol. The highest BCUT2D eigenvalue weighted by molar-refractivity contribution is 6.05. The molecule has 15 heavy (non-hydrogen) atoms. The smallest absolute Gasteiger partial charge is 0.318 e. The first-order chi connectivity index (χ1) is 6.89. The second kappa shape index (κ2) is 3.88. The van der Waals surface area contributed by atoms with E-state index >= 15 is 0 Å². The number of imide groups is 1. The van der Waals surface area contributed by atoms with Crippen LogP contribution in [0.25, 0.3) is 0 Å². The Kier molecular flexibility index (Phi) is 2.97. The standard InChI is InChI=1S/C9H15N3O3/c1-4-10-8(15)12-5-6(13)11-7(14)9(12,2)3/h4-5H2,1-3H3,(H,10,15)(H,11,13,14). The molecule has 6 nitrogen and oxygen atoms in total. The van der Waals surface area contributed by atoms with Crippen LogP contribution in [0.15, 0.2) is 0 Å². The van der Waals surface area contributed by atoms with E-state index in [-0.39, 0.29) is 6.54 Å². The molecule has 1 rings (SSSR count). The largest absolute Gasteiger partial charge is 0.338 e. The lowest BCUT2D eigenvalue weighted by molar-refractivity contribution is -0.142. The summed E-state index contributed by atoms with van der Waals surface area (Å²) in [5.74, 6) is -0.907. The molecule has 0 unspecified atom stereocenters. The van der Waals surface area contributed by atoms with Crippen LogP contribution in [-0.4, -0.2) is 41.4 Å². The lowest BCUT2D eigenvalue weighted by Crippen LogP contribution is -2.67. The van der Waals surface area contributed by atoms with Crippen molar-refractivity contribution in [2.75, 3.05) is 13.1 Å². The van der Waals surface area contributed by atoms with Gasteiger partial charge in [-0.2, -0.15) is 0 Å². The SMILES string of the molecule is CCNC(=O)N1CC(=O)NC(=O)C1(C)C. The molecule has 4 amide bonds. The van der Waals surface area contributed by atoms with Crippen molar-refractivity contribution in [2.45, 2.75) is 26.3 Å². The molecule has 84 valence electrons.